The Bertz CT molecular complexity index is 810. The van der Waals surface area contributed by atoms with Crippen LogP contribution < -0.4 is 0 Å². The third-order valence-corrected chi connectivity index (χ3v) is 3.88. The van der Waals surface area contributed by atoms with E-state index in [2.05, 4.69) is 48.5 Å². The van der Waals surface area contributed by atoms with E-state index in [0.717, 1.165) is 12.1 Å². The molecule has 3 aromatic carbocycles. The lowest BCUT2D eigenvalue weighted by atomic mass is 10.1. The van der Waals surface area contributed by atoms with Crippen LogP contribution in [0, 0.1) is 5.82 Å². The number of hydrogen-bond acceptors (Lipinski definition) is 2. The van der Waals surface area contributed by atoms with Gasteiger partial charge in [-0.1, -0.05) is 72.8 Å². The van der Waals surface area contributed by atoms with Gasteiger partial charge in [0, 0.05) is 0 Å². The molecule has 0 aliphatic carbocycles. The minimum absolute atomic E-state index is 0.694. The van der Waals surface area contributed by atoms with E-state index in [0.29, 0.717) is 0 Å². The van der Waals surface area contributed by atoms with Gasteiger partial charge in [-0.05, 0) is 23.3 Å². The summed E-state index contributed by atoms with van der Waals surface area (Å²) in [4.78, 5) is -0.694. The number of hydrogen-bond donors (Lipinski definition) is 1. The van der Waals surface area contributed by atoms with Crippen LogP contribution in [-0.2, 0) is 10.1 Å². The summed E-state index contributed by atoms with van der Waals surface area (Å²) in [5.74, 6) is -0.949. The standard InChI is InChI=1S/C12H10.C6H5FO3S/c1-3-7-11(8-4-1)12-9-5-2-6-10-12;7-5-3-1-2-4-6(5)11(8,9)10/h1-10H;1-4H,(H,8,9,10). The molecule has 0 unspecified atom stereocenters. The second-order valence-electron chi connectivity index (χ2n) is 4.64. The molecule has 1 N–H and O–H groups in total. The maximum atomic E-state index is 12.5. The van der Waals surface area contributed by atoms with Gasteiger partial charge in [0.2, 0.25) is 0 Å². The van der Waals surface area contributed by atoms with Gasteiger partial charge >= 0.3 is 0 Å². The molecule has 0 heterocycles. The molecule has 3 nitrogen and oxygen atoms in total. The summed E-state index contributed by atoms with van der Waals surface area (Å²) >= 11 is 0. The monoisotopic (exact) mass is 330 g/mol. The van der Waals surface area contributed by atoms with Crippen molar-refractivity contribution in [2.24, 2.45) is 0 Å². The van der Waals surface area contributed by atoms with Gasteiger partial charge in [0.05, 0.1) is 0 Å². The molecule has 0 aliphatic rings. The Labute approximate surface area is 134 Å². The molecule has 0 aromatic heterocycles. The van der Waals surface area contributed by atoms with Crippen molar-refractivity contribution in [1.82, 2.24) is 0 Å². The molecule has 0 bridgehead atoms. The number of rotatable bonds is 2. The Balaban J connectivity index is 0.000000168. The minimum Gasteiger partial charge on any atom is -0.282 e. The van der Waals surface area contributed by atoms with Gasteiger partial charge in [-0.2, -0.15) is 8.42 Å². The highest BCUT2D eigenvalue weighted by molar-refractivity contribution is 7.85. The average Bonchev–Trinajstić information content (AvgIpc) is 2.56. The molecule has 5 heteroatoms. The van der Waals surface area contributed by atoms with Crippen LogP contribution >= 0.6 is 0 Å². The van der Waals surface area contributed by atoms with Crippen LogP contribution in [0.25, 0.3) is 11.1 Å². The Hall–Kier alpha value is -2.50. The highest BCUT2D eigenvalue weighted by Crippen LogP contribution is 2.17. The second kappa shape index (κ2) is 7.67. The van der Waals surface area contributed by atoms with E-state index in [9.17, 15) is 12.8 Å². The molecule has 0 aliphatic heterocycles. The summed E-state index contributed by atoms with van der Waals surface area (Å²) in [6, 6.07) is 25.4. The SMILES string of the molecule is O=S(=O)(O)c1ccccc1F.c1ccc(-c2ccccc2)cc1. The van der Waals surface area contributed by atoms with Gasteiger partial charge in [-0.3, -0.25) is 4.55 Å². The molecule has 0 fully saturated rings. The fraction of sp³-hybridized carbons (Fsp3) is 0. The maximum absolute atomic E-state index is 12.5. The van der Waals surface area contributed by atoms with Crippen molar-refractivity contribution in [2.45, 2.75) is 4.90 Å². The van der Waals surface area contributed by atoms with Crippen LogP contribution in [0.15, 0.2) is 89.8 Å². The summed E-state index contributed by atoms with van der Waals surface area (Å²) in [6.45, 7) is 0. The first-order chi connectivity index (χ1) is 11.0. The highest BCUT2D eigenvalue weighted by Gasteiger charge is 2.13. The minimum atomic E-state index is -4.41. The van der Waals surface area contributed by atoms with Crippen molar-refractivity contribution in [3.05, 3.63) is 90.7 Å². The topological polar surface area (TPSA) is 54.4 Å². The normalized spacial score (nSPS) is 10.5. The van der Waals surface area contributed by atoms with E-state index in [1.54, 1.807) is 0 Å². The summed E-state index contributed by atoms with van der Waals surface area (Å²) < 4.78 is 41.7. The van der Waals surface area contributed by atoms with E-state index >= 15 is 0 Å². The van der Waals surface area contributed by atoms with Crippen molar-refractivity contribution in [1.29, 1.82) is 0 Å². The van der Waals surface area contributed by atoms with E-state index in [4.69, 9.17) is 4.55 Å². The van der Waals surface area contributed by atoms with Crippen LogP contribution in [0.1, 0.15) is 0 Å². The molecule has 0 saturated carbocycles. The molecule has 0 amide bonds. The lowest BCUT2D eigenvalue weighted by molar-refractivity contribution is 0.473. The lowest BCUT2D eigenvalue weighted by Crippen LogP contribution is -2.00. The van der Waals surface area contributed by atoms with Crippen LogP contribution in [0.3, 0.4) is 0 Å². The molecule has 0 atom stereocenters. The molecule has 0 spiro atoms. The van der Waals surface area contributed by atoms with Crippen LogP contribution in [0.5, 0.6) is 0 Å². The van der Waals surface area contributed by atoms with E-state index in [-0.39, 0.29) is 0 Å². The summed E-state index contributed by atoms with van der Waals surface area (Å²) in [5.41, 5.74) is 2.55. The first kappa shape index (κ1) is 16.9. The van der Waals surface area contributed by atoms with Crippen molar-refractivity contribution < 1.29 is 17.4 Å². The van der Waals surface area contributed by atoms with Crippen molar-refractivity contribution in [3.8, 4) is 11.1 Å². The first-order valence-electron chi connectivity index (χ1n) is 6.81. The van der Waals surface area contributed by atoms with Gasteiger partial charge in [-0.15, -0.1) is 0 Å². The maximum Gasteiger partial charge on any atom is 0.297 e. The van der Waals surface area contributed by atoms with E-state index in [1.165, 1.54) is 23.3 Å². The molecule has 0 radical (unpaired) electrons. The summed E-state index contributed by atoms with van der Waals surface area (Å²) in [5, 5.41) is 0. The quantitative estimate of drug-likeness (QED) is 0.707. The molecule has 23 heavy (non-hydrogen) atoms. The number of halogens is 1. The predicted octanol–water partition coefficient (Wildman–Crippen LogP) is 4.43. The van der Waals surface area contributed by atoms with Gasteiger partial charge in [0.15, 0.2) is 0 Å². The fourth-order valence-corrected chi connectivity index (χ4v) is 2.48. The Morgan fingerprint density at radius 2 is 1.04 bits per heavy atom. The van der Waals surface area contributed by atoms with Crippen molar-refractivity contribution >= 4 is 10.1 Å². The zero-order chi connectivity index (χ0) is 16.7. The third kappa shape index (κ3) is 5.02. The predicted molar refractivity (Wildman–Crippen MR) is 88.1 cm³/mol. The molecule has 118 valence electrons. The first-order valence-corrected chi connectivity index (χ1v) is 8.25. The Morgan fingerprint density at radius 3 is 1.39 bits per heavy atom. The smallest absolute Gasteiger partial charge is 0.282 e. The molecule has 3 rings (SSSR count). The van der Waals surface area contributed by atoms with Crippen molar-refractivity contribution in [3.63, 3.8) is 0 Å². The third-order valence-electron chi connectivity index (χ3n) is 3.00. The fourth-order valence-electron chi connectivity index (χ4n) is 1.92. The molecule has 0 saturated heterocycles. The Morgan fingerprint density at radius 1 is 0.652 bits per heavy atom. The van der Waals surface area contributed by atoms with Crippen LogP contribution in [-0.4, -0.2) is 13.0 Å². The number of benzene rings is 3. The van der Waals surface area contributed by atoms with Gasteiger partial charge in [0.25, 0.3) is 10.1 Å². The van der Waals surface area contributed by atoms with Gasteiger partial charge in [-0.25, -0.2) is 4.39 Å². The highest BCUT2D eigenvalue weighted by atomic mass is 32.2. The van der Waals surface area contributed by atoms with Crippen LogP contribution in [0.2, 0.25) is 0 Å². The van der Waals surface area contributed by atoms with Gasteiger partial charge < -0.3 is 0 Å². The lowest BCUT2D eigenvalue weighted by Gasteiger charge is -1.98. The van der Waals surface area contributed by atoms with Gasteiger partial charge in [0.1, 0.15) is 10.7 Å². The zero-order valence-corrected chi connectivity index (χ0v) is 12.9. The van der Waals surface area contributed by atoms with E-state index < -0.39 is 20.8 Å². The zero-order valence-electron chi connectivity index (χ0n) is 12.1. The average molecular weight is 330 g/mol. The second-order valence-corrected chi connectivity index (χ2v) is 6.03. The Kier molecular flexibility index (Phi) is 5.62. The largest absolute Gasteiger partial charge is 0.297 e. The molecular formula is C18H15FO3S. The van der Waals surface area contributed by atoms with Crippen molar-refractivity contribution in [2.75, 3.05) is 0 Å². The molecule has 3 aromatic rings. The van der Waals surface area contributed by atoms with E-state index in [1.807, 2.05) is 12.1 Å². The van der Waals surface area contributed by atoms with Crippen LogP contribution in [0.4, 0.5) is 4.39 Å². The summed E-state index contributed by atoms with van der Waals surface area (Å²) in [6.07, 6.45) is 0. The molecular weight excluding hydrogens is 315 g/mol. The summed E-state index contributed by atoms with van der Waals surface area (Å²) in [7, 11) is -4.41.